The van der Waals surface area contributed by atoms with E-state index in [1.54, 1.807) is 21.9 Å². The smallest absolute Gasteiger partial charge is 0.253 e. The van der Waals surface area contributed by atoms with E-state index in [2.05, 4.69) is 15.5 Å². The Morgan fingerprint density at radius 3 is 2.47 bits per heavy atom. The van der Waals surface area contributed by atoms with E-state index in [1.165, 1.54) is 12.8 Å². The minimum atomic E-state index is -0.747. The standard InChI is InChI=1S/C28H39N5O5/c1-18(2)15-21(30-26(35)19-5-7-20(8-6-19)31-11-3-4-12-31)27(36)32-13-9-22-25(32)23(34)17-33(22)28(37)24-16-29-10-14-38-24/h5-8,18,21-22,24-25,29H,3-4,9-17H2,1-2H3,(H,30,35). The van der Waals surface area contributed by atoms with Crippen LogP contribution in [0.3, 0.4) is 0 Å². The van der Waals surface area contributed by atoms with E-state index in [9.17, 15) is 19.2 Å². The second-order valence-electron chi connectivity index (χ2n) is 11.2. The van der Waals surface area contributed by atoms with E-state index in [1.807, 2.05) is 26.0 Å². The molecule has 4 unspecified atom stereocenters. The maximum atomic E-state index is 13.8. The molecule has 0 bridgehead atoms. The molecule has 0 aromatic heterocycles. The Bertz CT molecular complexity index is 1050. The maximum Gasteiger partial charge on any atom is 0.253 e. The van der Waals surface area contributed by atoms with Crippen molar-refractivity contribution in [3.05, 3.63) is 29.8 Å². The maximum absolute atomic E-state index is 13.8. The molecule has 0 radical (unpaired) electrons. The number of ether oxygens (including phenoxy) is 1. The van der Waals surface area contributed by atoms with Crippen LogP contribution in [-0.2, 0) is 19.1 Å². The third kappa shape index (κ3) is 5.42. The molecular weight excluding hydrogens is 486 g/mol. The summed E-state index contributed by atoms with van der Waals surface area (Å²) in [6.45, 7) is 8.00. The molecule has 38 heavy (non-hydrogen) atoms. The highest BCUT2D eigenvalue weighted by molar-refractivity contribution is 6.01. The highest BCUT2D eigenvalue weighted by Gasteiger charge is 2.53. The molecule has 4 heterocycles. The first-order chi connectivity index (χ1) is 18.3. The van der Waals surface area contributed by atoms with Crippen LogP contribution in [0.15, 0.2) is 24.3 Å². The molecule has 1 aromatic rings. The molecule has 10 heteroatoms. The van der Waals surface area contributed by atoms with Crippen molar-refractivity contribution in [2.24, 2.45) is 5.92 Å². The minimum Gasteiger partial charge on any atom is -0.372 e. The number of carbonyl (C=O) groups excluding carboxylic acids is 4. The van der Waals surface area contributed by atoms with Gasteiger partial charge in [-0.15, -0.1) is 0 Å². The Morgan fingerprint density at radius 1 is 1.08 bits per heavy atom. The number of likely N-dealkylation sites (tertiary alicyclic amines) is 2. The summed E-state index contributed by atoms with van der Waals surface area (Å²) in [5.41, 5.74) is 1.61. The average molecular weight is 526 g/mol. The highest BCUT2D eigenvalue weighted by atomic mass is 16.5. The zero-order valence-electron chi connectivity index (χ0n) is 22.4. The molecule has 1 aromatic carbocycles. The minimum absolute atomic E-state index is 0.0115. The molecule has 10 nitrogen and oxygen atoms in total. The van der Waals surface area contributed by atoms with Crippen LogP contribution in [0.2, 0.25) is 0 Å². The molecule has 4 saturated heterocycles. The normalized spacial score (nSPS) is 26.1. The van der Waals surface area contributed by atoms with Gasteiger partial charge in [-0.3, -0.25) is 19.2 Å². The van der Waals surface area contributed by atoms with Gasteiger partial charge in [-0.05, 0) is 55.9 Å². The second-order valence-corrected chi connectivity index (χ2v) is 11.2. The number of benzene rings is 1. The van der Waals surface area contributed by atoms with Gasteiger partial charge < -0.3 is 30.1 Å². The van der Waals surface area contributed by atoms with Crippen molar-refractivity contribution in [1.29, 1.82) is 0 Å². The Morgan fingerprint density at radius 2 is 1.82 bits per heavy atom. The molecule has 5 rings (SSSR count). The Balaban J connectivity index is 1.26. The van der Waals surface area contributed by atoms with Crippen LogP contribution < -0.4 is 15.5 Å². The molecule has 0 saturated carbocycles. The number of hydrogen-bond acceptors (Lipinski definition) is 7. The third-order valence-corrected chi connectivity index (χ3v) is 8.10. The van der Waals surface area contributed by atoms with E-state index >= 15 is 0 Å². The zero-order valence-corrected chi connectivity index (χ0v) is 22.4. The quantitative estimate of drug-likeness (QED) is 0.542. The SMILES string of the molecule is CC(C)CC(NC(=O)c1ccc(N2CCCC2)cc1)C(=O)N1CCC2C1C(=O)CN2C(=O)C1CNCCO1. The first-order valence-electron chi connectivity index (χ1n) is 14.0. The molecule has 0 aliphatic carbocycles. The van der Waals surface area contributed by atoms with Crippen molar-refractivity contribution in [1.82, 2.24) is 20.4 Å². The topological polar surface area (TPSA) is 111 Å². The number of morpholine rings is 1. The predicted octanol–water partition coefficient (Wildman–Crippen LogP) is 0.801. The van der Waals surface area contributed by atoms with Gasteiger partial charge in [0.15, 0.2) is 5.78 Å². The Kier molecular flexibility index (Phi) is 7.99. The number of hydrogen-bond donors (Lipinski definition) is 2. The van der Waals surface area contributed by atoms with Gasteiger partial charge in [0, 0.05) is 44.0 Å². The van der Waals surface area contributed by atoms with Gasteiger partial charge in [-0.25, -0.2) is 0 Å². The van der Waals surface area contributed by atoms with Crippen molar-refractivity contribution >= 4 is 29.2 Å². The lowest BCUT2D eigenvalue weighted by Crippen LogP contribution is -2.53. The van der Waals surface area contributed by atoms with E-state index in [4.69, 9.17) is 4.74 Å². The predicted molar refractivity (Wildman–Crippen MR) is 142 cm³/mol. The molecule has 4 atom stereocenters. The Labute approximate surface area is 224 Å². The molecule has 206 valence electrons. The van der Waals surface area contributed by atoms with Crippen molar-refractivity contribution in [2.45, 2.75) is 63.8 Å². The lowest BCUT2D eigenvalue weighted by molar-refractivity contribution is -0.146. The number of rotatable bonds is 7. The number of carbonyl (C=O) groups is 4. The number of amides is 3. The summed E-state index contributed by atoms with van der Waals surface area (Å²) in [7, 11) is 0. The monoisotopic (exact) mass is 525 g/mol. The van der Waals surface area contributed by atoms with Crippen LogP contribution in [0, 0.1) is 5.92 Å². The number of Topliss-reactive ketones (excluding diaryl/α,β-unsaturated/α-hetero) is 1. The van der Waals surface area contributed by atoms with Gasteiger partial charge >= 0.3 is 0 Å². The largest absolute Gasteiger partial charge is 0.372 e. The van der Waals surface area contributed by atoms with Crippen molar-refractivity contribution in [2.75, 3.05) is 50.8 Å². The summed E-state index contributed by atoms with van der Waals surface area (Å²) in [6, 6.07) is 5.75. The van der Waals surface area contributed by atoms with E-state index in [0.29, 0.717) is 44.6 Å². The number of nitrogens with zero attached hydrogens (tertiary/aromatic N) is 3. The lowest BCUT2D eigenvalue weighted by Gasteiger charge is -2.30. The van der Waals surface area contributed by atoms with Gasteiger partial charge in [-0.2, -0.15) is 0 Å². The fourth-order valence-electron chi connectivity index (χ4n) is 6.20. The summed E-state index contributed by atoms with van der Waals surface area (Å²) in [5.74, 6) is -0.731. The molecule has 0 spiro atoms. The number of nitrogens with one attached hydrogen (secondary N) is 2. The van der Waals surface area contributed by atoms with Gasteiger partial charge in [-0.1, -0.05) is 13.8 Å². The first-order valence-corrected chi connectivity index (χ1v) is 14.0. The first kappa shape index (κ1) is 26.6. The van der Waals surface area contributed by atoms with Crippen LogP contribution >= 0.6 is 0 Å². The average Bonchev–Trinajstić information content (AvgIpc) is 3.67. The van der Waals surface area contributed by atoms with Crippen molar-refractivity contribution in [3.8, 4) is 0 Å². The van der Waals surface area contributed by atoms with E-state index < -0.39 is 18.2 Å². The Hall–Kier alpha value is -2.98. The molecule has 2 N–H and O–H groups in total. The summed E-state index contributed by atoms with van der Waals surface area (Å²) < 4.78 is 5.62. The molecule has 3 amide bonds. The van der Waals surface area contributed by atoms with E-state index in [-0.39, 0.29) is 42.0 Å². The molecule has 4 fully saturated rings. The summed E-state index contributed by atoms with van der Waals surface area (Å²) in [5, 5.41) is 6.10. The fraction of sp³-hybridized carbons (Fsp3) is 0.643. The molecule has 4 aliphatic rings. The third-order valence-electron chi connectivity index (χ3n) is 8.10. The number of anilines is 1. The van der Waals surface area contributed by atoms with Crippen LogP contribution in [0.5, 0.6) is 0 Å². The second kappa shape index (κ2) is 11.4. The molecular formula is C28H39N5O5. The van der Waals surface area contributed by atoms with Crippen LogP contribution in [0.4, 0.5) is 5.69 Å². The van der Waals surface area contributed by atoms with E-state index in [0.717, 1.165) is 18.8 Å². The number of ketones is 1. The van der Waals surface area contributed by atoms with Crippen LogP contribution in [-0.4, -0.2) is 103 Å². The van der Waals surface area contributed by atoms with Gasteiger partial charge in [0.2, 0.25) is 5.91 Å². The number of fused-ring (bicyclic) bond motifs is 1. The fourth-order valence-corrected chi connectivity index (χ4v) is 6.20. The van der Waals surface area contributed by atoms with Crippen LogP contribution in [0.1, 0.15) is 49.9 Å². The van der Waals surface area contributed by atoms with Gasteiger partial charge in [0.1, 0.15) is 18.2 Å². The summed E-state index contributed by atoms with van der Waals surface area (Å²) >= 11 is 0. The zero-order chi connectivity index (χ0) is 26.8. The van der Waals surface area contributed by atoms with Crippen LogP contribution in [0.25, 0.3) is 0 Å². The summed E-state index contributed by atoms with van der Waals surface area (Å²) in [6.07, 6.45) is 2.75. The van der Waals surface area contributed by atoms with Crippen molar-refractivity contribution in [3.63, 3.8) is 0 Å². The highest BCUT2D eigenvalue weighted by Crippen LogP contribution is 2.31. The lowest BCUT2D eigenvalue weighted by atomic mass is 10.0. The summed E-state index contributed by atoms with van der Waals surface area (Å²) in [4.78, 5) is 58.6. The van der Waals surface area contributed by atoms with Crippen molar-refractivity contribution < 1.29 is 23.9 Å². The molecule has 4 aliphatic heterocycles. The van der Waals surface area contributed by atoms with Gasteiger partial charge in [0.25, 0.3) is 11.8 Å². The van der Waals surface area contributed by atoms with Gasteiger partial charge in [0.05, 0.1) is 19.2 Å².